The van der Waals surface area contributed by atoms with Gasteiger partial charge in [-0.25, -0.2) is 0 Å². The molecule has 2 aromatic rings. The predicted molar refractivity (Wildman–Crippen MR) is 108 cm³/mol. The summed E-state index contributed by atoms with van der Waals surface area (Å²) in [5.74, 6) is 0.387. The zero-order chi connectivity index (χ0) is 19.8. The average Bonchev–Trinajstić information content (AvgIpc) is 2.65. The molecule has 27 heavy (non-hydrogen) atoms. The van der Waals surface area contributed by atoms with Crippen molar-refractivity contribution in [1.82, 2.24) is 4.90 Å². The first kappa shape index (κ1) is 20.2. The van der Waals surface area contributed by atoms with E-state index in [0.29, 0.717) is 36.4 Å². The molecule has 0 spiro atoms. The standard InChI is InChI=1S/C22H26N2O3/c1-16(2)15-27-20-8-6-5-7-19(20)22(26)23-18-12-9-17(10-13-18)11-14-21(25)24(3)4/h5-10,12-13H,1,11,14-15H2,2-4H3,(H,23,26). The second kappa shape index (κ2) is 9.57. The summed E-state index contributed by atoms with van der Waals surface area (Å²) in [6.07, 6.45) is 1.13. The Hall–Kier alpha value is -3.08. The molecule has 0 fully saturated rings. The molecule has 2 amide bonds. The van der Waals surface area contributed by atoms with E-state index in [4.69, 9.17) is 4.74 Å². The molecule has 5 heteroatoms. The fourth-order valence-electron chi connectivity index (χ4n) is 2.41. The van der Waals surface area contributed by atoms with Gasteiger partial charge < -0.3 is 15.0 Å². The second-order valence-electron chi connectivity index (χ2n) is 6.68. The fourth-order valence-corrected chi connectivity index (χ4v) is 2.41. The van der Waals surface area contributed by atoms with E-state index in [0.717, 1.165) is 11.1 Å². The van der Waals surface area contributed by atoms with Crippen LogP contribution in [0.15, 0.2) is 60.7 Å². The van der Waals surface area contributed by atoms with Crippen LogP contribution < -0.4 is 10.1 Å². The Balaban J connectivity index is 2.00. The first-order valence-electron chi connectivity index (χ1n) is 8.83. The molecule has 0 heterocycles. The van der Waals surface area contributed by atoms with Gasteiger partial charge in [-0.05, 0) is 48.7 Å². The van der Waals surface area contributed by atoms with Gasteiger partial charge in [-0.2, -0.15) is 0 Å². The summed E-state index contributed by atoms with van der Waals surface area (Å²) in [7, 11) is 3.50. The van der Waals surface area contributed by atoms with Gasteiger partial charge in [0.1, 0.15) is 12.4 Å². The van der Waals surface area contributed by atoms with Gasteiger partial charge in [0, 0.05) is 26.2 Å². The van der Waals surface area contributed by atoms with E-state index < -0.39 is 0 Å². The normalized spacial score (nSPS) is 10.2. The van der Waals surface area contributed by atoms with Gasteiger partial charge in [0.15, 0.2) is 0 Å². The molecule has 2 rings (SSSR count). The van der Waals surface area contributed by atoms with Gasteiger partial charge in [0.25, 0.3) is 5.91 Å². The number of carbonyl (C=O) groups excluding carboxylic acids is 2. The Bertz CT molecular complexity index is 811. The average molecular weight is 366 g/mol. The summed E-state index contributed by atoms with van der Waals surface area (Å²) < 4.78 is 5.65. The number of amides is 2. The monoisotopic (exact) mass is 366 g/mol. The van der Waals surface area contributed by atoms with Crippen molar-refractivity contribution >= 4 is 17.5 Å². The molecule has 142 valence electrons. The highest BCUT2D eigenvalue weighted by atomic mass is 16.5. The number of hydrogen-bond acceptors (Lipinski definition) is 3. The summed E-state index contributed by atoms with van der Waals surface area (Å²) in [4.78, 5) is 25.8. The highest BCUT2D eigenvalue weighted by Crippen LogP contribution is 2.20. The Labute approximate surface area is 160 Å². The van der Waals surface area contributed by atoms with Crippen molar-refractivity contribution < 1.29 is 14.3 Å². The third kappa shape index (κ3) is 6.29. The first-order chi connectivity index (χ1) is 12.9. The Morgan fingerprint density at radius 1 is 1.07 bits per heavy atom. The molecule has 1 N–H and O–H groups in total. The smallest absolute Gasteiger partial charge is 0.259 e. The van der Waals surface area contributed by atoms with Crippen LogP contribution in [0.2, 0.25) is 0 Å². The van der Waals surface area contributed by atoms with Crippen LogP contribution in [0.4, 0.5) is 5.69 Å². The lowest BCUT2D eigenvalue weighted by Crippen LogP contribution is -2.21. The van der Waals surface area contributed by atoms with Gasteiger partial charge in [0.2, 0.25) is 5.91 Å². The number of nitrogens with one attached hydrogen (secondary N) is 1. The number of para-hydroxylation sites is 1. The van der Waals surface area contributed by atoms with Crippen molar-refractivity contribution in [1.29, 1.82) is 0 Å². The van der Waals surface area contributed by atoms with E-state index in [1.54, 1.807) is 37.2 Å². The van der Waals surface area contributed by atoms with Gasteiger partial charge in [-0.1, -0.05) is 30.8 Å². The SMILES string of the molecule is C=C(C)COc1ccccc1C(=O)Nc1ccc(CCC(=O)N(C)C)cc1. The van der Waals surface area contributed by atoms with Crippen molar-refractivity contribution in [2.45, 2.75) is 19.8 Å². The minimum atomic E-state index is -0.233. The molecule has 2 aromatic carbocycles. The number of benzene rings is 2. The molecule has 0 aliphatic heterocycles. The largest absolute Gasteiger partial charge is 0.488 e. The van der Waals surface area contributed by atoms with Crippen molar-refractivity contribution in [3.63, 3.8) is 0 Å². The van der Waals surface area contributed by atoms with Gasteiger partial charge >= 0.3 is 0 Å². The third-order valence-corrected chi connectivity index (χ3v) is 3.94. The van der Waals surface area contributed by atoms with E-state index in [1.807, 2.05) is 37.3 Å². The maximum absolute atomic E-state index is 12.6. The minimum Gasteiger partial charge on any atom is -0.488 e. The zero-order valence-electron chi connectivity index (χ0n) is 16.1. The molecule has 0 atom stereocenters. The van der Waals surface area contributed by atoms with E-state index in [1.165, 1.54) is 0 Å². The van der Waals surface area contributed by atoms with Crippen molar-refractivity contribution in [3.05, 3.63) is 71.8 Å². The molecule has 5 nitrogen and oxygen atoms in total. The molecule has 0 aliphatic carbocycles. The minimum absolute atomic E-state index is 0.0961. The molecule has 0 radical (unpaired) electrons. The number of aryl methyl sites for hydroxylation is 1. The van der Waals surface area contributed by atoms with Gasteiger partial charge in [0.05, 0.1) is 5.56 Å². The lowest BCUT2D eigenvalue weighted by atomic mass is 10.1. The summed E-state index contributed by atoms with van der Waals surface area (Å²) >= 11 is 0. The summed E-state index contributed by atoms with van der Waals surface area (Å²) in [5, 5.41) is 2.88. The maximum Gasteiger partial charge on any atom is 0.259 e. The summed E-state index contributed by atoms with van der Waals surface area (Å²) in [6, 6.07) is 14.6. The number of anilines is 1. The zero-order valence-corrected chi connectivity index (χ0v) is 16.1. The van der Waals surface area contributed by atoms with Crippen LogP contribution in [-0.4, -0.2) is 37.4 Å². The van der Waals surface area contributed by atoms with Gasteiger partial charge in [-0.15, -0.1) is 0 Å². The van der Waals surface area contributed by atoms with E-state index in [-0.39, 0.29) is 11.8 Å². The summed E-state index contributed by atoms with van der Waals surface area (Å²) in [6.45, 7) is 6.04. The van der Waals surface area contributed by atoms with Crippen LogP contribution >= 0.6 is 0 Å². The molecule has 0 bridgehead atoms. The van der Waals surface area contributed by atoms with Crippen LogP contribution in [0, 0.1) is 0 Å². The van der Waals surface area contributed by atoms with Crippen LogP contribution in [0.5, 0.6) is 5.75 Å². The summed E-state index contributed by atoms with van der Waals surface area (Å²) in [5.41, 5.74) is 3.10. The van der Waals surface area contributed by atoms with Crippen LogP contribution in [0.3, 0.4) is 0 Å². The molecular formula is C22H26N2O3. The molecule has 0 saturated carbocycles. The Morgan fingerprint density at radius 3 is 2.37 bits per heavy atom. The van der Waals surface area contributed by atoms with Crippen LogP contribution in [0.1, 0.15) is 29.3 Å². The molecule has 0 aromatic heterocycles. The first-order valence-corrected chi connectivity index (χ1v) is 8.83. The number of carbonyl (C=O) groups is 2. The highest BCUT2D eigenvalue weighted by molar-refractivity contribution is 6.06. The second-order valence-corrected chi connectivity index (χ2v) is 6.68. The van der Waals surface area contributed by atoms with Crippen LogP contribution in [-0.2, 0) is 11.2 Å². The maximum atomic E-state index is 12.6. The molecule has 0 unspecified atom stereocenters. The van der Waals surface area contributed by atoms with Crippen molar-refractivity contribution in [3.8, 4) is 5.75 Å². The Morgan fingerprint density at radius 2 is 1.74 bits per heavy atom. The molecule has 0 aliphatic rings. The van der Waals surface area contributed by atoms with Crippen LogP contribution in [0.25, 0.3) is 0 Å². The quantitative estimate of drug-likeness (QED) is 0.721. The molecular weight excluding hydrogens is 340 g/mol. The lowest BCUT2D eigenvalue weighted by Gasteiger charge is -2.12. The van der Waals surface area contributed by atoms with Gasteiger partial charge in [-0.3, -0.25) is 9.59 Å². The number of hydrogen-bond donors (Lipinski definition) is 1. The number of ether oxygens (including phenoxy) is 1. The predicted octanol–water partition coefficient (Wildman–Crippen LogP) is 3.91. The highest BCUT2D eigenvalue weighted by Gasteiger charge is 2.12. The topological polar surface area (TPSA) is 58.6 Å². The van der Waals surface area contributed by atoms with Crippen molar-refractivity contribution in [2.75, 3.05) is 26.0 Å². The lowest BCUT2D eigenvalue weighted by molar-refractivity contribution is -0.128. The van der Waals surface area contributed by atoms with E-state index in [9.17, 15) is 9.59 Å². The number of rotatable bonds is 8. The fraction of sp³-hybridized carbons (Fsp3) is 0.273. The van der Waals surface area contributed by atoms with E-state index in [2.05, 4.69) is 11.9 Å². The Kier molecular flexibility index (Phi) is 7.17. The van der Waals surface area contributed by atoms with E-state index >= 15 is 0 Å². The van der Waals surface area contributed by atoms with Crippen molar-refractivity contribution in [2.24, 2.45) is 0 Å². The number of nitrogens with zero attached hydrogens (tertiary/aromatic N) is 1. The molecule has 0 saturated heterocycles. The third-order valence-electron chi connectivity index (χ3n) is 3.94.